The Bertz CT molecular complexity index is 622. The third kappa shape index (κ3) is 3.88. The van der Waals surface area contributed by atoms with Crippen molar-refractivity contribution < 1.29 is 19.1 Å². The quantitative estimate of drug-likeness (QED) is 0.827. The Balaban J connectivity index is 1.52. The second-order valence-electron chi connectivity index (χ2n) is 6.19. The van der Waals surface area contributed by atoms with Crippen LogP contribution < -0.4 is 10.2 Å². The molecule has 0 aromatic heterocycles. The number of esters is 1. The van der Waals surface area contributed by atoms with Crippen LogP contribution in [0.1, 0.15) is 24.8 Å². The molecule has 2 aliphatic rings. The molecule has 1 heterocycles. The number of aryl methyl sites for hydroxylation is 1. The molecule has 2 amide bonds. The van der Waals surface area contributed by atoms with Gasteiger partial charge in [0.2, 0.25) is 5.91 Å². The maximum atomic E-state index is 12.1. The number of amides is 2. The monoisotopic (exact) mass is 316 g/mol. The number of hydrogen-bond acceptors (Lipinski definition) is 4. The van der Waals surface area contributed by atoms with E-state index in [0.717, 1.165) is 24.1 Å². The molecule has 23 heavy (non-hydrogen) atoms. The van der Waals surface area contributed by atoms with Crippen molar-refractivity contribution in [3.63, 3.8) is 0 Å². The molecule has 0 radical (unpaired) electrons. The lowest BCUT2D eigenvalue weighted by Crippen LogP contribution is -2.32. The van der Waals surface area contributed by atoms with Gasteiger partial charge in [-0.1, -0.05) is 17.7 Å². The summed E-state index contributed by atoms with van der Waals surface area (Å²) in [6, 6.07) is 7.83. The highest BCUT2D eigenvalue weighted by atomic mass is 16.5. The van der Waals surface area contributed by atoms with E-state index in [4.69, 9.17) is 4.74 Å². The van der Waals surface area contributed by atoms with Crippen molar-refractivity contribution in [1.82, 2.24) is 5.32 Å². The summed E-state index contributed by atoms with van der Waals surface area (Å²) >= 11 is 0. The zero-order valence-electron chi connectivity index (χ0n) is 13.1. The standard InChI is InChI=1S/C17H20N2O4/c1-11-2-6-14(7-3-11)19-9-12(8-16(19)21)17(22)23-10-15(20)18-13-4-5-13/h2-3,6-7,12-13H,4-5,8-10H2,1H3,(H,18,20)/t12-/m1/s1. The lowest BCUT2D eigenvalue weighted by molar-refractivity contribution is -0.152. The van der Waals surface area contributed by atoms with Crippen LogP contribution in [0, 0.1) is 12.8 Å². The molecule has 0 unspecified atom stereocenters. The van der Waals surface area contributed by atoms with Gasteiger partial charge in [0.05, 0.1) is 5.92 Å². The molecule has 1 saturated heterocycles. The van der Waals surface area contributed by atoms with Crippen LogP contribution in [0.15, 0.2) is 24.3 Å². The smallest absolute Gasteiger partial charge is 0.311 e. The summed E-state index contributed by atoms with van der Waals surface area (Å²) in [7, 11) is 0. The number of benzene rings is 1. The number of nitrogens with zero attached hydrogens (tertiary/aromatic N) is 1. The molecule has 122 valence electrons. The molecule has 1 aromatic rings. The minimum absolute atomic E-state index is 0.0989. The van der Waals surface area contributed by atoms with Crippen LogP contribution in [0.25, 0.3) is 0 Å². The summed E-state index contributed by atoms with van der Waals surface area (Å²) in [5.74, 6) is -1.38. The Hall–Kier alpha value is -2.37. The van der Waals surface area contributed by atoms with Gasteiger partial charge in [-0.05, 0) is 31.9 Å². The van der Waals surface area contributed by atoms with E-state index in [2.05, 4.69) is 5.32 Å². The Morgan fingerprint density at radius 1 is 1.26 bits per heavy atom. The summed E-state index contributed by atoms with van der Waals surface area (Å²) in [5, 5.41) is 2.75. The van der Waals surface area contributed by atoms with E-state index < -0.39 is 11.9 Å². The highest BCUT2D eigenvalue weighted by Crippen LogP contribution is 2.26. The van der Waals surface area contributed by atoms with Crippen molar-refractivity contribution >= 4 is 23.5 Å². The molecule has 1 aliphatic heterocycles. The second kappa shape index (κ2) is 6.40. The highest BCUT2D eigenvalue weighted by Gasteiger charge is 2.36. The van der Waals surface area contributed by atoms with E-state index in [-0.39, 0.29) is 30.9 Å². The molecule has 1 aromatic carbocycles. The maximum absolute atomic E-state index is 12.1. The first kappa shape index (κ1) is 15.5. The molecule has 3 rings (SSSR count). The van der Waals surface area contributed by atoms with E-state index in [0.29, 0.717) is 6.54 Å². The van der Waals surface area contributed by atoms with E-state index in [1.54, 1.807) is 4.90 Å². The average Bonchev–Trinajstić information content (AvgIpc) is 3.25. The normalized spacial score (nSPS) is 20.5. The molecule has 0 bridgehead atoms. The van der Waals surface area contributed by atoms with Crippen molar-refractivity contribution in [3.8, 4) is 0 Å². The van der Waals surface area contributed by atoms with Crippen LogP contribution >= 0.6 is 0 Å². The van der Waals surface area contributed by atoms with Crippen molar-refractivity contribution in [3.05, 3.63) is 29.8 Å². The Morgan fingerprint density at radius 3 is 2.61 bits per heavy atom. The van der Waals surface area contributed by atoms with Gasteiger partial charge in [-0.15, -0.1) is 0 Å². The van der Waals surface area contributed by atoms with Crippen LogP contribution in [0.3, 0.4) is 0 Å². The van der Waals surface area contributed by atoms with Gasteiger partial charge in [-0.25, -0.2) is 0 Å². The summed E-state index contributed by atoms with van der Waals surface area (Å²) in [4.78, 5) is 37.3. The largest absolute Gasteiger partial charge is 0.455 e. The van der Waals surface area contributed by atoms with Gasteiger partial charge in [-0.3, -0.25) is 14.4 Å². The van der Waals surface area contributed by atoms with Gasteiger partial charge in [0.25, 0.3) is 5.91 Å². The summed E-state index contributed by atoms with van der Waals surface area (Å²) < 4.78 is 5.04. The SMILES string of the molecule is Cc1ccc(N2C[C@H](C(=O)OCC(=O)NC3CC3)CC2=O)cc1. The van der Waals surface area contributed by atoms with Gasteiger partial charge in [0.15, 0.2) is 6.61 Å². The average molecular weight is 316 g/mol. The lowest BCUT2D eigenvalue weighted by atomic mass is 10.1. The van der Waals surface area contributed by atoms with Gasteiger partial charge in [-0.2, -0.15) is 0 Å². The fourth-order valence-corrected chi connectivity index (χ4v) is 2.59. The molecular formula is C17H20N2O4. The number of carbonyl (C=O) groups excluding carboxylic acids is 3. The molecule has 1 aliphatic carbocycles. The number of rotatable bonds is 5. The van der Waals surface area contributed by atoms with Crippen LogP contribution in [0.4, 0.5) is 5.69 Å². The number of nitrogens with one attached hydrogen (secondary N) is 1. The van der Waals surface area contributed by atoms with Crippen molar-refractivity contribution in [2.45, 2.75) is 32.2 Å². The molecular weight excluding hydrogens is 296 g/mol. The second-order valence-corrected chi connectivity index (χ2v) is 6.19. The fourth-order valence-electron chi connectivity index (χ4n) is 2.59. The zero-order valence-corrected chi connectivity index (χ0v) is 13.1. The van der Waals surface area contributed by atoms with E-state index >= 15 is 0 Å². The lowest BCUT2D eigenvalue weighted by Gasteiger charge is -2.16. The first-order chi connectivity index (χ1) is 11.0. The molecule has 1 saturated carbocycles. The van der Waals surface area contributed by atoms with Crippen LogP contribution in [-0.2, 0) is 19.1 Å². The predicted molar refractivity (Wildman–Crippen MR) is 83.8 cm³/mol. The van der Waals surface area contributed by atoms with Gasteiger partial charge in [0, 0.05) is 24.7 Å². The first-order valence-corrected chi connectivity index (χ1v) is 7.86. The topological polar surface area (TPSA) is 75.7 Å². The minimum Gasteiger partial charge on any atom is -0.455 e. The summed E-state index contributed by atoms with van der Waals surface area (Å²) in [6.07, 6.45) is 2.10. The fraction of sp³-hybridized carbons (Fsp3) is 0.471. The highest BCUT2D eigenvalue weighted by molar-refractivity contribution is 5.99. The molecule has 0 spiro atoms. The van der Waals surface area contributed by atoms with Gasteiger partial charge < -0.3 is 15.0 Å². The zero-order chi connectivity index (χ0) is 16.4. The summed E-state index contributed by atoms with van der Waals surface area (Å²) in [6.45, 7) is 2.00. The van der Waals surface area contributed by atoms with Crippen molar-refractivity contribution in [2.75, 3.05) is 18.1 Å². The Morgan fingerprint density at radius 2 is 1.96 bits per heavy atom. The predicted octanol–water partition coefficient (Wildman–Crippen LogP) is 1.17. The first-order valence-electron chi connectivity index (χ1n) is 7.86. The number of hydrogen-bond donors (Lipinski definition) is 1. The van der Waals surface area contributed by atoms with Gasteiger partial charge in [0.1, 0.15) is 0 Å². The number of anilines is 1. The molecule has 1 atom stereocenters. The minimum atomic E-state index is -0.516. The molecule has 6 heteroatoms. The van der Waals surface area contributed by atoms with Crippen LogP contribution in [-0.4, -0.2) is 37.0 Å². The molecule has 6 nitrogen and oxygen atoms in total. The summed E-state index contributed by atoms with van der Waals surface area (Å²) in [5.41, 5.74) is 1.89. The Kier molecular flexibility index (Phi) is 4.32. The third-order valence-corrected chi connectivity index (χ3v) is 4.09. The van der Waals surface area contributed by atoms with Crippen LogP contribution in [0.2, 0.25) is 0 Å². The maximum Gasteiger partial charge on any atom is 0.311 e. The Labute approximate surface area is 134 Å². The van der Waals surface area contributed by atoms with Crippen molar-refractivity contribution in [1.29, 1.82) is 0 Å². The van der Waals surface area contributed by atoms with Crippen molar-refractivity contribution in [2.24, 2.45) is 5.92 Å². The van der Waals surface area contributed by atoms with Crippen LogP contribution in [0.5, 0.6) is 0 Å². The van der Waals surface area contributed by atoms with E-state index in [1.807, 2.05) is 31.2 Å². The molecule has 2 fully saturated rings. The third-order valence-electron chi connectivity index (χ3n) is 4.09. The molecule has 1 N–H and O–H groups in total. The number of ether oxygens (including phenoxy) is 1. The number of carbonyl (C=O) groups is 3. The van der Waals surface area contributed by atoms with Gasteiger partial charge >= 0.3 is 5.97 Å². The van der Waals surface area contributed by atoms with E-state index in [9.17, 15) is 14.4 Å². The van der Waals surface area contributed by atoms with E-state index in [1.165, 1.54) is 0 Å².